The highest BCUT2D eigenvalue weighted by Gasteiger charge is 2.21. The van der Waals surface area contributed by atoms with Gasteiger partial charge < -0.3 is 9.72 Å². The molecule has 2 aromatic heterocycles. The lowest BCUT2D eigenvalue weighted by atomic mass is 10.1. The van der Waals surface area contributed by atoms with Gasteiger partial charge in [0, 0.05) is 19.2 Å². The molecule has 0 saturated carbocycles. The maximum absolute atomic E-state index is 13.3. The zero-order valence-corrected chi connectivity index (χ0v) is 26.6. The van der Waals surface area contributed by atoms with Gasteiger partial charge in [-0.3, -0.25) is 4.79 Å². The number of nitrogens with zero attached hydrogens (tertiary/aromatic N) is 3. The number of aromatic nitrogens is 4. The number of hydrogen-bond acceptors (Lipinski definition) is 8. The van der Waals surface area contributed by atoms with Crippen LogP contribution in [0.25, 0.3) is 16.9 Å². The SMILES string of the molecule is CCCCCCCc1nc(C)c2c(=O)[nH]c(-c3cc(S(=O)(=O)NCCc4ccc(S(C)(=O)=O)cc4)ccc3OCC)nn12. The normalized spacial score (nSPS) is 12.2. The van der Waals surface area contributed by atoms with E-state index in [0.29, 0.717) is 47.8 Å². The Morgan fingerprint density at radius 1 is 0.930 bits per heavy atom. The molecule has 0 unspecified atom stereocenters. The minimum atomic E-state index is -3.94. The van der Waals surface area contributed by atoms with E-state index in [1.807, 2.05) is 6.92 Å². The molecule has 4 rings (SSSR count). The van der Waals surface area contributed by atoms with Gasteiger partial charge >= 0.3 is 0 Å². The van der Waals surface area contributed by atoms with Gasteiger partial charge in [0.15, 0.2) is 21.2 Å². The van der Waals surface area contributed by atoms with Gasteiger partial charge in [0.1, 0.15) is 11.6 Å². The second-order valence-electron chi connectivity index (χ2n) is 10.5. The third-order valence-electron chi connectivity index (χ3n) is 7.12. The monoisotopic (exact) mass is 629 g/mol. The zero-order chi connectivity index (χ0) is 31.2. The molecular formula is C30H39N5O6S2. The van der Waals surface area contributed by atoms with Crippen molar-refractivity contribution in [1.29, 1.82) is 0 Å². The molecule has 2 N–H and O–H groups in total. The molecule has 11 nitrogen and oxygen atoms in total. The van der Waals surface area contributed by atoms with Crippen molar-refractivity contribution >= 4 is 25.4 Å². The maximum Gasteiger partial charge on any atom is 0.277 e. The minimum Gasteiger partial charge on any atom is -0.493 e. The number of fused-ring (bicyclic) bond motifs is 1. The second-order valence-corrected chi connectivity index (χ2v) is 14.3. The highest BCUT2D eigenvalue weighted by molar-refractivity contribution is 7.90. The number of aryl methyl sites for hydroxylation is 2. The van der Waals surface area contributed by atoms with Crippen molar-refractivity contribution in [1.82, 2.24) is 24.3 Å². The average molecular weight is 630 g/mol. The van der Waals surface area contributed by atoms with E-state index in [9.17, 15) is 21.6 Å². The average Bonchev–Trinajstić information content (AvgIpc) is 3.28. The van der Waals surface area contributed by atoms with Crippen LogP contribution in [0.5, 0.6) is 5.75 Å². The van der Waals surface area contributed by atoms with Crippen molar-refractivity contribution in [3.8, 4) is 17.1 Å². The van der Waals surface area contributed by atoms with E-state index in [1.54, 1.807) is 29.6 Å². The van der Waals surface area contributed by atoms with E-state index in [0.717, 1.165) is 37.5 Å². The number of sulfonamides is 1. The summed E-state index contributed by atoms with van der Waals surface area (Å²) < 4.78 is 59.8. The highest BCUT2D eigenvalue weighted by Crippen LogP contribution is 2.30. The predicted octanol–water partition coefficient (Wildman–Crippen LogP) is 4.23. The molecule has 0 fully saturated rings. The van der Waals surface area contributed by atoms with Crippen LogP contribution >= 0.6 is 0 Å². The number of ether oxygens (including phenoxy) is 1. The summed E-state index contributed by atoms with van der Waals surface area (Å²) in [6, 6.07) is 10.8. The lowest BCUT2D eigenvalue weighted by Gasteiger charge is -2.13. The number of unbranched alkanes of at least 4 members (excludes halogenated alkanes) is 4. The summed E-state index contributed by atoms with van der Waals surface area (Å²) in [5.74, 6) is 1.24. The number of sulfone groups is 1. The molecule has 0 radical (unpaired) electrons. The van der Waals surface area contributed by atoms with Crippen molar-refractivity contribution < 1.29 is 21.6 Å². The lowest BCUT2D eigenvalue weighted by molar-refractivity contribution is 0.341. The smallest absolute Gasteiger partial charge is 0.277 e. The standard InChI is InChI=1S/C30H39N5O6S2/c1-5-7-8-9-10-11-27-32-21(3)28-30(36)33-29(34-35(27)28)25-20-24(16-17-26(25)41-6-2)43(39,40)31-19-18-22-12-14-23(15-13-22)42(4,37)38/h12-17,20,31H,5-11,18-19H2,1-4H3,(H,33,34,36). The summed E-state index contributed by atoms with van der Waals surface area (Å²) in [6.07, 6.45) is 7.62. The van der Waals surface area contributed by atoms with Crippen molar-refractivity contribution in [2.45, 2.75) is 75.5 Å². The molecule has 0 bridgehead atoms. The first-order valence-electron chi connectivity index (χ1n) is 14.5. The first-order valence-corrected chi connectivity index (χ1v) is 17.9. The van der Waals surface area contributed by atoms with Crippen LogP contribution in [0.1, 0.15) is 63.0 Å². The van der Waals surface area contributed by atoms with Crippen LogP contribution in [-0.4, -0.2) is 55.8 Å². The Kier molecular flexibility index (Phi) is 10.4. The Morgan fingerprint density at radius 2 is 1.63 bits per heavy atom. The van der Waals surface area contributed by atoms with Gasteiger partial charge in [-0.15, -0.1) is 5.10 Å². The molecule has 232 valence electrons. The van der Waals surface area contributed by atoms with Crippen LogP contribution in [0.3, 0.4) is 0 Å². The lowest BCUT2D eigenvalue weighted by Crippen LogP contribution is -2.26. The molecule has 0 spiro atoms. The van der Waals surface area contributed by atoms with Crippen LogP contribution in [0.2, 0.25) is 0 Å². The molecule has 0 aliphatic carbocycles. The molecule has 4 aromatic rings. The van der Waals surface area contributed by atoms with Crippen molar-refractivity contribution in [3.05, 3.63) is 69.9 Å². The fourth-order valence-corrected chi connectivity index (χ4v) is 6.55. The molecule has 0 aliphatic heterocycles. The van der Waals surface area contributed by atoms with E-state index < -0.39 is 19.9 Å². The van der Waals surface area contributed by atoms with Gasteiger partial charge in [0.2, 0.25) is 10.0 Å². The fraction of sp³-hybridized carbons (Fsp3) is 0.433. The Labute approximate surface area is 252 Å². The first kappa shape index (κ1) is 32.4. The summed E-state index contributed by atoms with van der Waals surface area (Å²) in [5, 5.41) is 4.69. The number of aromatic amines is 1. The van der Waals surface area contributed by atoms with Crippen LogP contribution < -0.4 is 15.0 Å². The molecular weight excluding hydrogens is 590 g/mol. The summed E-state index contributed by atoms with van der Waals surface area (Å²) in [4.78, 5) is 20.8. The van der Waals surface area contributed by atoms with Gasteiger partial charge in [0.05, 0.1) is 27.7 Å². The fourth-order valence-electron chi connectivity index (χ4n) is 4.86. The molecule has 43 heavy (non-hydrogen) atoms. The minimum absolute atomic E-state index is 0.0147. The number of benzene rings is 2. The van der Waals surface area contributed by atoms with E-state index in [4.69, 9.17) is 9.84 Å². The topological polar surface area (TPSA) is 153 Å². The number of rotatable bonds is 15. The number of nitrogens with one attached hydrogen (secondary N) is 2. The van der Waals surface area contributed by atoms with E-state index in [2.05, 4.69) is 21.6 Å². The molecule has 13 heteroatoms. The quantitative estimate of drug-likeness (QED) is 0.185. The highest BCUT2D eigenvalue weighted by atomic mass is 32.2. The second kappa shape index (κ2) is 13.8. The van der Waals surface area contributed by atoms with Crippen LogP contribution in [0.4, 0.5) is 0 Å². The van der Waals surface area contributed by atoms with Crippen molar-refractivity contribution in [2.75, 3.05) is 19.4 Å². The Hall–Kier alpha value is -3.55. The summed E-state index contributed by atoms with van der Waals surface area (Å²) in [7, 11) is -7.25. The molecule has 2 heterocycles. The van der Waals surface area contributed by atoms with Crippen molar-refractivity contribution in [3.63, 3.8) is 0 Å². The molecule has 0 saturated heterocycles. The Morgan fingerprint density at radius 3 is 2.30 bits per heavy atom. The molecule has 0 aliphatic rings. The van der Waals surface area contributed by atoms with Gasteiger partial charge in [-0.1, -0.05) is 44.7 Å². The summed E-state index contributed by atoms with van der Waals surface area (Å²) in [6.45, 7) is 6.18. The molecule has 2 aromatic carbocycles. The third-order valence-corrected chi connectivity index (χ3v) is 9.71. The zero-order valence-electron chi connectivity index (χ0n) is 25.0. The summed E-state index contributed by atoms with van der Waals surface area (Å²) in [5.41, 5.74) is 1.69. The third kappa shape index (κ3) is 7.89. The Balaban J connectivity index is 1.60. The van der Waals surface area contributed by atoms with Gasteiger partial charge in [-0.2, -0.15) is 0 Å². The van der Waals surface area contributed by atoms with Gasteiger partial charge in [-0.05, 0) is 62.6 Å². The number of H-pyrrole nitrogens is 1. The van der Waals surface area contributed by atoms with Gasteiger partial charge in [-0.25, -0.2) is 31.1 Å². The first-order chi connectivity index (χ1) is 20.4. The van der Waals surface area contributed by atoms with E-state index in [1.165, 1.54) is 30.7 Å². The van der Waals surface area contributed by atoms with Crippen LogP contribution in [0.15, 0.2) is 57.1 Å². The van der Waals surface area contributed by atoms with Crippen LogP contribution in [0, 0.1) is 6.92 Å². The predicted molar refractivity (Wildman–Crippen MR) is 166 cm³/mol. The molecule has 0 atom stereocenters. The molecule has 0 amide bonds. The van der Waals surface area contributed by atoms with Gasteiger partial charge in [0.25, 0.3) is 5.56 Å². The largest absolute Gasteiger partial charge is 0.493 e. The number of imidazole rings is 1. The maximum atomic E-state index is 13.3. The van der Waals surface area contributed by atoms with Crippen molar-refractivity contribution in [2.24, 2.45) is 0 Å². The van der Waals surface area contributed by atoms with E-state index >= 15 is 0 Å². The van der Waals surface area contributed by atoms with E-state index in [-0.39, 0.29) is 27.7 Å². The number of hydrogen-bond donors (Lipinski definition) is 2. The Bertz CT molecular complexity index is 1850. The van der Waals surface area contributed by atoms with Crippen LogP contribution in [-0.2, 0) is 32.7 Å². The summed E-state index contributed by atoms with van der Waals surface area (Å²) >= 11 is 0.